The van der Waals surface area contributed by atoms with Crippen LogP contribution in [0.3, 0.4) is 0 Å². The number of nitroso groups, excluding NO2 is 1. The molecule has 0 unspecified atom stereocenters. The lowest BCUT2D eigenvalue weighted by Crippen LogP contribution is -2.05. The lowest BCUT2D eigenvalue weighted by atomic mass is 9.97. The van der Waals surface area contributed by atoms with E-state index in [-0.39, 0.29) is 10.8 Å². The van der Waals surface area contributed by atoms with E-state index in [2.05, 4.69) is 10.7 Å². The first kappa shape index (κ1) is 27.8. The zero-order valence-electron chi connectivity index (χ0n) is 21.6. The number of nitrogens with one attached hydrogen (secondary N) is 1. The second kappa shape index (κ2) is 12.5. The van der Waals surface area contributed by atoms with Crippen molar-refractivity contribution in [3.8, 4) is 23.0 Å². The van der Waals surface area contributed by atoms with E-state index in [1.807, 2.05) is 19.9 Å². The van der Waals surface area contributed by atoms with Gasteiger partial charge in [-0.1, -0.05) is 23.4 Å². The van der Waals surface area contributed by atoms with Gasteiger partial charge in [0, 0.05) is 16.4 Å². The molecule has 196 valence electrons. The maximum absolute atomic E-state index is 13.4. The molecule has 0 radical (unpaired) electrons. The van der Waals surface area contributed by atoms with Crippen LogP contribution in [-0.4, -0.2) is 38.8 Å². The van der Waals surface area contributed by atoms with Gasteiger partial charge in [0.05, 0.1) is 44.9 Å². The normalized spacial score (nSPS) is 11.4. The summed E-state index contributed by atoms with van der Waals surface area (Å²) in [6.07, 6.45) is 2.53. The molecular weight excluding hydrogens is 496 g/mol. The van der Waals surface area contributed by atoms with E-state index in [9.17, 15) is 14.9 Å². The van der Waals surface area contributed by atoms with E-state index in [1.165, 1.54) is 40.6 Å². The van der Waals surface area contributed by atoms with E-state index in [1.54, 1.807) is 24.3 Å². The summed E-state index contributed by atoms with van der Waals surface area (Å²) in [7, 11) is 6.01. The van der Waals surface area contributed by atoms with Crippen molar-refractivity contribution in [3.63, 3.8) is 0 Å². The number of fused-ring (bicyclic) bond motifs is 1. The molecule has 3 aromatic rings. The Labute approximate surface area is 219 Å². The average molecular weight is 527 g/mol. The van der Waals surface area contributed by atoms with Crippen LogP contribution in [0.4, 0.5) is 11.4 Å². The maximum atomic E-state index is 13.4. The number of allylic oxidation sites excluding steroid dienone is 2. The molecule has 0 saturated carbocycles. The SMILES string of the molecule is COc1ccc(C(=O)S[C@H](CC=C(C)C)c2cc(OC)c3c(NO)ccc(N=O)c3c2OC)cc1OC. The number of nitrogens with zero attached hydrogens (tertiary/aromatic N) is 1. The van der Waals surface area contributed by atoms with Crippen molar-refractivity contribution in [1.29, 1.82) is 0 Å². The first-order valence-electron chi connectivity index (χ1n) is 11.3. The molecule has 0 amide bonds. The molecule has 2 N–H and O–H groups in total. The van der Waals surface area contributed by atoms with Gasteiger partial charge in [-0.05, 0) is 61.8 Å². The second-order valence-corrected chi connectivity index (χ2v) is 9.44. The van der Waals surface area contributed by atoms with Crippen LogP contribution in [0, 0.1) is 4.91 Å². The molecule has 1 atom stereocenters. The fourth-order valence-corrected chi connectivity index (χ4v) is 5.05. The molecule has 0 aliphatic heterocycles. The van der Waals surface area contributed by atoms with Gasteiger partial charge in [0.2, 0.25) is 5.12 Å². The van der Waals surface area contributed by atoms with Crippen molar-refractivity contribution < 1.29 is 28.9 Å². The fraction of sp³-hybridized carbons (Fsp3) is 0.296. The average Bonchev–Trinajstić information content (AvgIpc) is 2.92. The van der Waals surface area contributed by atoms with Crippen molar-refractivity contribution in [1.82, 2.24) is 0 Å². The molecule has 0 heterocycles. The first-order chi connectivity index (χ1) is 17.8. The Morgan fingerprint density at radius 2 is 1.68 bits per heavy atom. The molecule has 10 heteroatoms. The van der Waals surface area contributed by atoms with Crippen LogP contribution in [0.15, 0.2) is 53.2 Å². The highest BCUT2D eigenvalue weighted by molar-refractivity contribution is 8.14. The standard InChI is InChI=1S/C27H30N2O7S/c1-15(2)7-12-23(37-27(30)16-8-11-20(33-3)21(13-16)34-4)17-14-22(35-5)24-18(28-31)9-10-19(29-32)25(24)26(17)36-6/h7-11,13-14,23,28,31H,12H2,1-6H3/t23-/m1/s1. The Bertz CT molecular complexity index is 1340. The summed E-state index contributed by atoms with van der Waals surface area (Å²) < 4.78 is 22.1. The van der Waals surface area contributed by atoms with Gasteiger partial charge in [0.25, 0.3) is 0 Å². The summed E-state index contributed by atoms with van der Waals surface area (Å²) in [4.78, 5) is 25.2. The number of thioether (sulfide) groups is 1. The minimum absolute atomic E-state index is 0.114. The van der Waals surface area contributed by atoms with E-state index >= 15 is 0 Å². The highest BCUT2D eigenvalue weighted by Gasteiger charge is 2.27. The van der Waals surface area contributed by atoms with Gasteiger partial charge in [-0.25, -0.2) is 0 Å². The monoisotopic (exact) mass is 526 g/mol. The van der Waals surface area contributed by atoms with E-state index < -0.39 is 5.25 Å². The quantitative estimate of drug-likeness (QED) is 0.154. The zero-order valence-corrected chi connectivity index (χ0v) is 22.4. The molecule has 0 saturated heterocycles. The Morgan fingerprint density at radius 1 is 0.973 bits per heavy atom. The number of methoxy groups -OCH3 is 4. The highest BCUT2D eigenvalue weighted by Crippen LogP contribution is 2.50. The number of anilines is 1. The molecule has 3 aromatic carbocycles. The Hall–Kier alpha value is -3.76. The Kier molecular flexibility index (Phi) is 9.37. The zero-order chi connectivity index (χ0) is 27.1. The predicted octanol–water partition coefficient (Wildman–Crippen LogP) is 7.04. The summed E-state index contributed by atoms with van der Waals surface area (Å²) >= 11 is 1.12. The van der Waals surface area contributed by atoms with Crippen molar-refractivity contribution >= 4 is 39.0 Å². The van der Waals surface area contributed by atoms with Gasteiger partial charge in [0.1, 0.15) is 17.2 Å². The maximum Gasteiger partial charge on any atom is 0.220 e. The van der Waals surface area contributed by atoms with Gasteiger partial charge in [-0.3, -0.25) is 15.5 Å². The van der Waals surface area contributed by atoms with Crippen LogP contribution in [0.5, 0.6) is 23.0 Å². The molecular formula is C27H30N2O7S. The molecule has 0 spiro atoms. The van der Waals surface area contributed by atoms with Crippen LogP contribution < -0.4 is 24.4 Å². The lowest BCUT2D eigenvalue weighted by molar-refractivity contribution is 0.108. The molecule has 37 heavy (non-hydrogen) atoms. The third-order valence-corrected chi connectivity index (χ3v) is 6.98. The third kappa shape index (κ3) is 5.81. The lowest BCUT2D eigenvalue weighted by Gasteiger charge is -2.22. The smallest absolute Gasteiger partial charge is 0.220 e. The van der Waals surface area contributed by atoms with E-state index in [0.717, 1.165) is 17.3 Å². The molecule has 0 fully saturated rings. The minimum Gasteiger partial charge on any atom is -0.496 e. The van der Waals surface area contributed by atoms with Crippen LogP contribution in [0.2, 0.25) is 0 Å². The van der Waals surface area contributed by atoms with Gasteiger partial charge in [0.15, 0.2) is 11.5 Å². The molecule has 0 aliphatic carbocycles. The van der Waals surface area contributed by atoms with Crippen LogP contribution in [0.25, 0.3) is 10.8 Å². The fourth-order valence-electron chi connectivity index (χ4n) is 4.03. The molecule has 0 aromatic heterocycles. The number of hydrogen-bond acceptors (Lipinski definition) is 10. The number of ether oxygens (including phenoxy) is 4. The van der Waals surface area contributed by atoms with E-state index in [0.29, 0.717) is 57.0 Å². The van der Waals surface area contributed by atoms with Crippen molar-refractivity contribution in [2.45, 2.75) is 25.5 Å². The van der Waals surface area contributed by atoms with Crippen molar-refractivity contribution in [3.05, 3.63) is 64.1 Å². The Morgan fingerprint density at radius 3 is 2.24 bits per heavy atom. The number of carbonyl (C=O) groups is 1. The van der Waals surface area contributed by atoms with Gasteiger partial charge < -0.3 is 18.9 Å². The van der Waals surface area contributed by atoms with Crippen LogP contribution in [0.1, 0.15) is 41.4 Å². The summed E-state index contributed by atoms with van der Waals surface area (Å²) in [5.41, 5.74) is 4.74. The summed E-state index contributed by atoms with van der Waals surface area (Å²) in [6.45, 7) is 3.95. The predicted molar refractivity (Wildman–Crippen MR) is 146 cm³/mol. The summed E-state index contributed by atoms with van der Waals surface area (Å²) in [6, 6.07) is 9.76. The number of carbonyl (C=O) groups excluding carboxylic acids is 1. The number of rotatable bonds is 11. The number of hydrogen-bond donors (Lipinski definition) is 2. The topological polar surface area (TPSA) is 116 Å². The molecule has 3 rings (SSSR count). The van der Waals surface area contributed by atoms with Gasteiger partial charge in [-0.15, -0.1) is 4.91 Å². The van der Waals surface area contributed by atoms with Crippen molar-refractivity contribution in [2.75, 3.05) is 33.9 Å². The van der Waals surface area contributed by atoms with Gasteiger partial charge in [-0.2, -0.15) is 0 Å². The second-order valence-electron chi connectivity index (χ2n) is 8.27. The molecule has 0 aliphatic rings. The highest BCUT2D eigenvalue weighted by atomic mass is 32.2. The largest absolute Gasteiger partial charge is 0.496 e. The van der Waals surface area contributed by atoms with Crippen LogP contribution in [-0.2, 0) is 0 Å². The third-order valence-electron chi connectivity index (χ3n) is 5.80. The first-order valence-corrected chi connectivity index (χ1v) is 12.2. The molecule has 9 nitrogen and oxygen atoms in total. The number of benzene rings is 3. The summed E-state index contributed by atoms with van der Waals surface area (Å²) in [5.74, 6) is 1.72. The van der Waals surface area contributed by atoms with Crippen LogP contribution >= 0.6 is 11.8 Å². The summed E-state index contributed by atoms with van der Waals surface area (Å²) in [5, 5.41) is 13.1. The molecule has 0 bridgehead atoms. The van der Waals surface area contributed by atoms with E-state index in [4.69, 9.17) is 18.9 Å². The Balaban J connectivity index is 2.22. The minimum atomic E-state index is -0.408. The van der Waals surface area contributed by atoms with Gasteiger partial charge >= 0.3 is 0 Å². The van der Waals surface area contributed by atoms with Crippen molar-refractivity contribution in [2.24, 2.45) is 5.18 Å².